The molecule has 0 aliphatic carbocycles. The number of piperidine rings is 2. The molecule has 2 saturated heterocycles. The Hall–Kier alpha value is -1.14. The highest BCUT2D eigenvalue weighted by atomic mass is 16.6. The second-order valence-corrected chi connectivity index (χ2v) is 12.4. The minimum absolute atomic E-state index is 0.0559. The van der Waals surface area contributed by atoms with Crippen molar-refractivity contribution in [2.75, 3.05) is 14.1 Å². The van der Waals surface area contributed by atoms with Crippen LogP contribution in [0.25, 0.3) is 0 Å². The van der Waals surface area contributed by atoms with Gasteiger partial charge in [-0.15, -0.1) is 0 Å². The van der Waals surface area contributed by atoms with E-state index in [1.807, 2.05) is 13.8 Å². The summed E-state index contributed by atoms with van der Waals surface area (Å²) in [6, 6.07) is 0. The van der Waals surface area contributed by atoms with Gasteiger partial charge in [-0.05, 0) is 94.2 Å². The lowest BCUT2D eigenvalue weighted by Crippen LogP contribution is -2.59. The minimum atomic E-state index is -0.493. The molecule has 0 aromatic heterocycles. The Bertz CT molecular complexity index is 634. The van der Waals surface area contributed by atoms with Crippen molar-refractivity contribution in [1.29, 1.82) is 0 Å². The molecule has 198 valence electrons. The van der Waals surface area contributed by atoms with E-state index in [4.69, 9.17) is 9.47 Å². The third kappa shape index (κ3) is 7.68. The predicted molar refractivity (Wildman–Crippen MR) is 137 cm³/mol. The molecule has 6 heteroatoms. The van der Waals surface area contributed by atoms with Crippen molar-refractivity contribution < 1.29 is 19.1 Å². The van der Waals surface area contributed by atoms with E-state index in [9.17, 15) is 9.59 Å². The molecule has 2 aliphatic rings. The maximum Gasteiger partial charge on any atom is 0.307 e. The summed E-state index contributed by atoms with van der Waals surface area (Å²) in [5.74, 6) is -0.168. The normalized spacial score (nSPS) is 29.5. The molecule has 0 spiro atoms. The number of likely N-dealkylation sites (tertiary alicyclic amines) is 2. The molecule has 2 atom stereocenters. The number of rotatable bonds is 11. The number of hydrogen-bond acceptors (Lipinski definition) is 6. The van der Waals surface area contributed by atoms with Crippen LogP contribution >= 0.6 is 0 Å². The molecule has 0 saturated carbocycles. The smallest absolute Gasteiger partial charge is 0.307 e. The van der Waals surface area contributed by atoms with Gasteiger partial charge in [0.05, 0.1) is 0 Å². The van der Waals surface area contributed by atoms with E-state index < -0.39 is 11.4 Å². The zero-order valence-corrected chi connectivity index (χ0v) is 23.4. The summed E-state index contributed by atoms with van der Waals surface area (Å²) in [5, 5.41) is 0. The van der Waals surface area contributed by atoms with Crippen molar-refractivity contribution in [2.45, 2.75) is 154 Å². The fraction of sp³-hybridized carbons (Fsp3) is 0.929. The molecule has 2 heterocycles. The highest BCUT2D eigenvalue weighted by molar-refractivity contribution is 5.70. The van der Waals surface area contributed by atoms with Gasteiger partial charge in [0, 0.05) is 36.8 Å². The van der Waals surface area contributed by atoms with Crippen LogP contribution in [0, 0.1) is 0 Å². The molecule has 0 radical (unpaired) electrons. The fourth-order valence-electron chi connectivity index (χ4n) is 5.73. The maximum absolute atomic E-state index is 12.4. The van der Waals surface area contributed by atoms with Gasteiger partial charge in [0.2, 0.25) is 0 Å². The Balaban J connectivity index is 1.56. The first-order valence-electron chi connectivity index (χ1n) is 13.6. The molecule has 2 rings (SSSR count). The summed E-state index contributed by atoms with van der Waals surface area (Å²) in [4.78, 5) is 29.3. The van der Waals surface area contributed by atoms with Crippen LogP contribution < -0.4 is 0 Å². The number of esters is 2. The first-order chi connectivity index (χ1) is 15.7. The predicted octanol–water partition coefficient (Wildman–Crippen LogP) is 6.41. The average Bonchev–Trinajstić information content (AvgIpc) is 2.72. The quantitative estimate of drug-likeness (QED) is 0.251. The molecular formula is C28H52N2O4. The number of nitrogens with zero attached hydrogens (tertiary/aromatic N) is 2. The third-order valence-corrected chi connectivity index (χ3v) is 8.77. The Morgan fingerprint density at radius 2 is 0.912 bits per heavy atom. The van der Waals surface area contributed by atoms with Crippen LogP contribution in [0.4, 0.5) is 0 Å². The lowest BCUT2D eigenvalue weighted by molar-refractivity contribution is -0.203. The zero-order valence-electron chi connectivity index (χ0n) is 23.4. The highest BCUT2D eigenvalue weighted by Gasteiger charge is 2.45. The molecule has 0 N–H and O–H groups in total. The maximum atomic E-state index is 12.4. The minimum Gasteiger partial charge on any atom is -0.444 e. The standard InChI is InChI=1S/C28H52N2O4/c1-25(2)19-15-21-27(5,29(25)7)33-23(31)17-13-11-9-10-12-14-18-24(32)34-28(6)22-16-20-26(3,4)30(28)8/h9-22H2,1-8H3. The van der Waals surface area contributed by atoms with E-state index >= 15 is 0 Å². The summed E-state index contributed by atoms with van der Waals surface area (Å²) in [7, 11) is 4.13. The van der Waals surface area contributed by atoms with Crippen LogP contribution in [-0.2, 0) is 19.1 Å². The lowest BCUT2D eigenvalue weighted by Gasteiger charge is -2.51. The second kappa shape index (κ2) is 11.7. The van der Waals surface area contributed by atoms with Gasteiger partial charge in [-0.25, -0.2) is 0 Å². The third-order valence-electron chi connectivity index (χ3n) is 8.77. The van der Waals surface area contributed by atoms with Crippen LogP contribution in [0.15, 0.2) is 0 Å². The molecule has 2 unspecified atom stereocenters. The molecule has 2 aliphatic heterocycles. The summed E-state index contributed by atoms with van der Waals surface area (Å²) < 4.78 is 11.8. The van der Waals surface area contributed by atoms with Gasteiger partial charge in [-0.3, -0.25) is 19.4 Å². The van der Waals surface area contributed by atoms with Gasteiger partial charge in [0.25, 0.3) is 0 Å². The molecule has 2 fully saturated rings. The van der Waals surface area contributed by atoms with Crippen molar-refractivity contribution >= 4 is 11.9 Å². The number of carbonyl (C=O) groups excluding carboxylic acids is 2. The van der Waals surface area contributed by atoms with E-state index in [0.29, 0.717) is 12.8 Å². The number of hydrogen-bond donors (Lipinski definition) is 0. The van der Waals surface area contributed by atoms with Gasteiger partial charge < -0.3 is 9.47 Å². The summed E-state index contributed by atoms with van der Waals surface area (Å²) >= 11 is 0. The Labute approximate surface area is 209 Å². The van der Waals surface area contributed by atoms with Crippen LogP contribution in [0.2, 0.25) is 0 Å². The Morgan fingerprint density at radius 3 is 1.26 bits per heavy atom. The van der Waals surface area contributed by atoms with Gasteiger partial charge in [0.15, 0.2) is 11.4 Å². The van der Waals surface area contributed by atoms with E-state index in [2.05, 4.69) is 51.6 Å². The van der Waals surface area contributed by atoms with Crippen LogP contribution in [0.1, 0.15) is 131 Å². The SMILES string of the molecule is CN1C(C)(C)CCCC1(C)OC(=O)CCCCCCCCC(=O)OC1(C)CCCC(C)(C)N1C. The van der Waals surface area contributed by atoms with Crippen LogP contribution in [0.3, 0.4) is 0 Å². The van der Waals surface area contributed by atoms with Gasteiger partial charge in [-0.1, -0.05) is 25.7 Å². The van der Waals surface area contributed by atoms with Gasteiger partial charge in [0.1, 0.15) is 0 Å². The summed E-state index contributed by atoms with van der Waals surface area (Å²) in [5.41, 5.74) is -0.875. The second-order valence-electron chi connectivity index (χ2n) is 12.4. The molecule has 0 aromatic carbocycles. The first kappa shape index (κ1) is 29.1. The van der Waals surface area contributed by atoms with Crippen LogP contribution in [0.5, 0.6) is 0 Å². The first-order valence-corrected chi connectivity index (χ1v) is 13.6. The zero-order chi connectivity index (χ0) is 25.6. The molecule has 34 heavy (non-hydrogen) atoms. The van der Waals surface area contributed by atoms with E-state index in [1.165, 1.54) is 0 Å². The van der Waals surface area contributed by atoms with Crippen molar-refractivity contribution in [2.24, 2.45) is 0 Å². The monoisotopic (exact) mass is 480 g/mol. The molecule has 6 nitrogen and oxygen atoms in total. The van der Waals surface area contributed by atoms with Gasteiger partial charge >= 0.3 is 11.9 Å². The number of carbonyl (C=O) groups is 2. The number of ether oxygens (including phenoxy) is 2. The molecule has 0 amide bonds. The molecular weight excluding hydrogens is 428 g/mol. The summed E-state index contributed by atoms with van der Waals surface area (Å²) in [6.07, 6.45) is 13.1. The van der Waals surface area contributed by atoms with E-state index in [-0.39, 0.29) is 23.0 Å². The molecule has 0 aromatic rings. The van der Waals surface area contributed by atoms with E-state index in [1.54, 1.807) is 0 Å². The van der Waals surface area contributed by atoms with Crippen LogP contribution in [-0.4, -0.2) is 58.4 Å². The van der Waals surface area contributed by atoms with Crippen molar-refractivity contribution in [1.82, 2.24) is 9.80 Å². The molecule has 0 bridgehead atoms. The largest absolute Gasteiger partial charge is 0.444 e. The number of unbranched alkanes of at least 4 members (excludes halogenated alkanes) is 5. The van der Waals surface area contributed by atoms with Crippen molar-refractivity contribution in [3.8, 4) is 0 Å². The van der Waals surface area contributed by atoms with Crippen molar-refractivity contribution in [3.63, 3.8) is 0 Å². The Kier molecular flexibility index (Phi) is 10.0. The van der Waals surface area contributed by atoms with E-state index in [0.717, 1.165) is 77.0 Å². The fourth-order valence-corrected chi connectivity index (χ4v) is 5.73. The Morgan fingerprint density at radius 1 is 0.588 bits per heavy atom. The average molecular weight is 481 g/mol. The van der Waals surface area contributed by atoms with Gasteiger partial charge in [-0.2, -0.15) is 0 Å². The highest BCUT2D eigenvalue weighted by Crippen LogP contribution is 2.39. The summed E-state index contributed by atoms with van der Waals surface area (Å²) in [6.45, 7) is 13.0. The topological polar surface area (TPSA) is 59.1 Å². The lowest BCUT2D eigenvalue weighted by atomic mass is 9.85. The van der Waals surface area contributed by atoms with Crippen molar-refractivity contribution in [3.05, 3.63) is 0 Å².